The Hall–Kier alpha value is -2.67. The quantitative estimate of drug-likeness (QED) is 0.567. The van der Waals surface area contributed by atoms with Gasteiger partial charge in [0.1, 0.15) is 0 Å². The Morgan fingerprint density at radius 1 is 1.14 bits per heavy atom. The van der Waals surface area contributed by atoms with Gasteiger partial charge in [0, 0.05) is 18.3 Å². The highest BCUT2D eigenvalue weighted by Gasteiger charge is 2.14. The molecule has 1 aromatic heterocycles. The second-order valence-electron chi connectivity index (χ2n) is 6.79. The molecule has 0 aliphatic carbocycles. The highest BCUT2D eigenvalue weighted by molar-refractivity contribution is 7.99. The summed E-state index contributed by atoms with van der Waals surface area (Å²) in [6.45, 7) is 5.21. The van der Waals surface area contributed by atoms with Crippen LogP contribution in [0.2, 0.25) is 0 Å². The van der Waals surface area contributed by atoms with Crippen molar-refractivity contribution in [3.05, 3.63) is 42.5 Å². The molecule has 0 aliphatic rings. The second-order valence-corrected chi connectivity index (χ2v) is 7.74. The van der Waals surface area contributed by atoms with Crippen molar-refractivity contribution in [3.8, 4) is 11.5 Å². The Morgan fingerprint density at radius 2 is 1.89 bits per heavy atom. The van der Waals surface area contributed by atoms with Crippen molar-refractivity contribution in [2.75, 3.05) is 25.3 Å². The third kappa shape index (κ3) is 4.59. The number of nitrogens with one attached hydrogen (secondary N) is 1. The lowest BCUT2D eigenvalue weighted by Gasteiger charge is -2.12. The van der Waals surface area contributed by atoms with E-state index in [2.05, 4.69) is 29.8 Å². The van der Waals surface area contributed by atoms with Gasteiger partial charge in [-0.25, -0.2) is 4.98 Å². The minimum atomic E-state index is -0.0969. The molecular formula is C21H25N3O3S. The van der Waals surface area contributed by atoms with Crippen LogP contribution < -0.4 is 14.8 Å². The fourth-order valence-corrected chi connectivity index (χ4v) is 3.77. The van der Waals surface area contributed by atoms with Gasteiger partial charge in [-0.05, 0) is 30.2 Å². The number of fused-ring (bicyclic) bond motifs is 1. The molecule has 28 heavy (non-hydrogen) atoms. The molecule has 1 N–H and O–H groups in total. The normalized spacial score (nSPS) is 11.0. The molecule has 0 saturated heterocycles. The molecule has 7 heteroatoms. The van der Waals surface area contributed by atoms with Crippen LogP contribution in [0.3, 0.4) is 0 Å². The van der Waals surface area contributed by atoms with Crippen molar-refractivity contribution in [1.82, 2.24) is 9.55 Å². The van der Waals surface area contributed by atoms with Gasteiger partial charge < -0.3 is 19.4 Å². The van der Waals surface area contributed by atoms with E-state index in [-0.39, 0.29) is 11.7 Å². The number of carbonyl (C=O) groups is 1. The number of nitrogens with zero attached hydrogens (tertiary/aromatic N) is 2. The lowest BCUT2D eigenvalue weighted by molar-refractivity contribution is -0.113. The molecule has 0 bridgehead atoms. The number of hydrogen-bond donors (Lipinski definition) is 1. The van der Waals surface area contributed by atoms with Crippen LogP contribution in [0.4, 0.5) is 5.69 Å². The lowest BCUT2D eigenvalue weighted by Crippen LogP contribution is -2.15. The van der Waals surface area contributed by atoms with E-state index in [1.165, 1.54) is 11.8 Å². The van der Waals surface area contributed by atoms with E-state index in [0.29, 0.717) is 23.1 Å². The third-order valence-electron chi connectivity index (χ3n) is 4.17. The third-order valence-corrected chi connectivity index (χ3v) is 5.14. The first-order valence-electron chi connectivity index (χ1n) is 9.11. The van der Waals surface area contributed by atoms with Gasteiger partial charge in [-0.2, -0.15) is 0 Å². The maximum absolute atomic E-state index is 12.4. The van der Waals surface area contributed by atoms with Gasteiger partial charge in [0.2, 0.25) is 5.91 Å². The molecule has 0 fully saturated rings. The predicted molar refractivity (Wildman–Crippen MR) is 113 cm³/mol. The molecule has 0 atom stereocenters. The molecule has 6 nitrogen and oxygen atoms in total. The first-order valence-corrected chi connectivity index (χ1v) is 10.1. The van der Waals surface area contributed by atoms with Gasteiger partial charge in [-0.1, -0.05) is 37.7 Å². The van der Waals surface area contributed by atoms with Crippen molar-refractivity contribution in [1.29, 1.82) is 0 Å². The van der Waals surface area contributed by atoms with Crippen molar-refractivity contribution >= 4 is 34.4 Å². The number of rotatable bonds is 8. The van der Waals surface area contributed by atoms with E-state index in [0.717, 1.165) is 22.7 Å². The summed E-state index contributed by atoms with van der Waals surface area (Å²) in [5.41, 5.74) is 2.71. The van der Waals surface area contributed by atoms with Crippen molar-refractivity contribution in [2.24, 2.45) is 5.92 Å². The molecule has 1 amide bonds. The zero-order chi connectivity index (χ0) is 20.1. The number of thioether (sulfide) groups is 1. The van der Waals surface area contributed by atoms with Crippen LogP contribution in [0.1, 0.15) is 13.8 Å². The summed E-state index contributed by atoms with van der Waals surface area (Å²) in [6.07, 6.45) is 0. The number of carbonyl (C=O) groups excluding carboxylic acids is 1. The van der Waals surface area contributed by atoms with E-state index in [9.17, 15) is 4.79 Å². The molecule has 0 spiro atoms. The second kappa shape index (κ2) is 9.01. The fourth-order valence-electron chi connectivity index (χ4n) is 2.95. The van der Waals surface area contributed by atoms with E-state index in [1.807, 2.05) is 18.2 Å². The lowest BCUT2D eigenvalue weighted by atomic mass is 10.2. The summed E-state index contributed by atoms with van der Waals surface area (Å²) >= 11 is 1.44. The maximum atomic E-state index is 12.4. The van der Waals surface area contributed by atoms with Crippen LogP contribution in [0.15, 0.2) is 47.6 Å². The summed E-state index contributed by atoms with van der Waals surface area (Å²) in [5, 5.41) is 3.76. The largest absolute Gasteiger partial charge is 0.493 e. The van der Waals surface area contributed by atoms with Gasteiger partial charge in [0.25, 0.3) is 0 Å². The van der Waals surface area contributed by atoms with Crippen LogP contribution in [0, 0.1) is 5.92 Å². The Kier molecular flexibility index (Phi) is 6.46. The summed E-state index contributed by atoms with van der Waals surface area (Å²) < 4.78 is 12.7. The van der Waals surface area contributed by atoms with E-state index in [1.54, 1.807) is 32.4 Å². The van der Waals surface area contributed by atoms with Crippen LogP contribution >= 0.6 is 11.8 Å². The number of amides is 1. The Bertz CT molecular complexity index is 969. The first kappa shape index (κ1) is 20.1. The number of benzene rings is 2. The first-order chi connectivity index (χ1) is 13.5. The molecule has 2 aromatic carbocycles. The van der Waals surface area contributed by atoms with E-state index >= 15 is 0 Å². The Morgan fingerprint density at radius 3 is 2.61 bits per heavy atom. The van der Waals surface area contributed by atoms with Gasteiger partial charge in [0.15, 0.2) is 16.7 Å². The predicted octanol–water partition coefficient (Wildman–Crippen LogP) is 4.44. The number of methoxy groups -OCH3 is 2. The summed E-state index contributed by atoms with van der Waals surface area (Å²) in [4.78, 5) is 17.2. The number of hydrogen-bond acceptors (Lipinski definition) is 5. The highest BCUT2D eigenvalue weighted by atomic mass is 32.2. The summed E-state index contributed by atoms with van der Waals surface area (Å²) in [7, 11) is 3.15. The molecule has 0 saturated carbocycles. The molecule has 3 aromatic rings. The number of para-hydroxylation sites is 2. The summed E-state index contributed by atoms with van der Waals surface area (Å²) in [5.74, 6) is 1.86. The highest BCUT2D eigenvalue weighted by Crippen LogP contribution is 2.30. The standard InChI is InChI=1S/C21H25N3O3S/c1-14(2)12-24-17-8-6-5-7-16(17)23-21(24)28-13-20(25)22-15-9-10-18(26-3)19(11-15)27-4/h5-11,14H,12-13H2,1-4H3,(H,22,25). The van der Waals surface area contributed by atoms with Crippen LogP contribution in [-0.2, 0) is 11.3 Å². The smallest absolute Gasteiger partial charge is 0.234 e. The van der Waals surface area contributed by atoms with Crippen LogP contribution in [-0.4, -0.2) is 35.4 Å². The van der Waals surface area contributed by atoms with Crippen LogP contribution in [0.5, 0.6) is 11.5 Å². The number of ether oxygens (including phenoxy) is 2. The summed E-state index contributed by atoms with van der Waals surface area (Å²) in [6, 6.07) is 13.4. The Balaban J connectivity index is 1.71. The molecule has 3 rings (SSSR count). The average molecular weight is 400 g/mol. The molecular weight excluding hydrogens is 374 g/mol. The zero-order valence-corrected chi connectivity index (χ0v) is 17.4. The van der Waals surface area contributed by atoms with Gasteiger partial charge in [0.05, 0.1) is 31.0 Å². The van der Waals surface area contributed by atoms with Gasteiger partial charge in [-0.3, -0.25) is 4.79 Å². The minimum Gasteiger partial charge on any atom is -0.493 e. The number of anilines is 1. The minimum absolute atomic E-state index is 0.0969. The maximum Gasteiger partial charge on any atom is 0.234 e. The van der Waals surface area contributed by atoms with Crippen molar-refractivity contribution in [2.45, 2.75) is 25.5 Å². The van der Waals surface area contributed by atoms with Gasteiger partial charge >= 0.3 is 0 Å². The van der Waals surface area contributed by atoms with Crippen LogP contribution in [0.25, 0.3) is 11.0 Å². The topological polar surface area (TPSA) is 65.4 Å². The van der Waals surface area contributed by atoms with Crippen molar-refractivity contribution in [3.63, 3.8) is 0 Å². The molecule has 0 unspecified atom stereocenters. The average Bonchev–Trinajstić information content (AvgIpc) is 3.03. The van der Waals surface area contributed by atoms with Crippen molar-refractivity contribution < 1.29 is 14.3 Å². The fraction of sp³-hybridized carbons (Fsp3) is 0.333. The zero-order valence-electron chi connectivity index (χ0n) is 16.6. The molecule has 1 heterocycles. The number of aromatic nitrogens is 2. The molecule has 148 valence electrons. The van der Waals surface area contributed by atoms with E-state index < -0.39 is 0 Å². The SMILES string of the molecule is COc1ccc(NC(=O)CSc2nc3ccccc3n2CC(C)C)cc1OC. The van der Waals surface area contributed by atoms with Gasteiger partial charge in [-0.15, -0.1) is 0 Å². The Labute approximate surface area is 169 Å². The monoisotopic (exact) mass is 399 g/mol. The number of imidazole rings is 1. The molecule has 0 radical (unpaired) electrons. The molecule has 0 aliphatic heterocycles. The van der Waals surface area contributed by atoms with E-state index in [4.69, 9.17) is 14.5 Å².